The van der Waals surface area contributed by atoms with Crippen LogP contribution in [0.3, 0.4) is 0 Å². The minimum atomic E-state index is -0.135. The highest BCUT2D eigenvalue weighted by molar-refractivity contribution is 5.96. The molecule has 26 heavy (non-hydrogen) atoms. The van der Waals surface area contributed by atoms with Gasteiger partial charge in [-0.15, -0.1) is 0 Å². The van der Waals surface area contributed by atoms with E-state index in [0.717, 1.165) is 33.2 Å². The van der Waals surface area contributed by atoms with Crippen LogP contribution in [0, 0.1) is 0 Å². The van der Waals surface area contributed by atoms with Gasteiger partial charge in [0, 0.05) is 42.7 Å². The predicted octanol–water partition coefficient (Wildman–Crippen LogP) is 4.32. The van der Waals surface area contributed by atoms with E-state index >= 15 is 0 Å². The van der Waals surface area contributed by atoms with E-state index in [1.54, 1.807) is 24.7 Å². The van der Waals surface area contributed by atoms with E-state index in [0.29, 0.717) is 5.82 Å². The molecule has 4 aromatic rings. The van der Waals surface area contributed by atoms with E-state index in [2.05, 4.69) is 26.3 Å². The largest absolute Gasteiger partial charge is 0.311 e. The lowest BCUT2D eigenvalue weighted by atomic mass is 9.98. The van der Waals surface area contributed by atoms with Gasteiger partial charge in [-0.1, -0.05) is 6.07 Å². The number of aromatic nitrogens is 3. The summed E-state index contributed by atoms with van der Waals surface area (Å²) in [5.74, 6) is 0.408. The zero-order valence-corrected chi connectivity index (χ0v) is 14.2. The maximum absolute atomic E-state index is 11.1. The molecule has 0 spiro atoms. The van der Waals surface area contributed by atoms with Crippen LogP contribution in [0.15, 0.2) is 73.3 Å². The van der Waals surface area contributed by atoms with Gasteiger partial charge in [0.2, 0.25) is 5.91 Å². The molecule has 0 unspecified atom stereocenters. The minimum Gasteiger partial charge on any atom is -0.311 e. The van der Waals surface area contributed by atoms with Gasteiger partial charge in [0.1, 0.15) is 5.82 Å². The van der Waals surface area contributed by atoms with Crippen LogP contribution in [0.2, 0.25) is 0 Å². The Balaban J connectivity index is 1.79. The topological polar surface area (TPSA) is 67.8 Å². The van der Waals surface area contributed by atoms with Gasteiger partial charge in [-0.05, 0) is 59.2 Å². The Morgan fingerprint density at radius 3 is 2.38 bits per heavy atom. The van der Waals surface area contributed by atoms with E-state index in [4.69, 9.17) is 0 Å². The standard InChI is InChI=1S/C21H16N4O/c1-14(26)25-21-5-3-17(13-24-21)16-2-4-20-19(12-16)18(8-11-23-20)15-6-9-22-10-7-15/h2-13H,1H3,(H,24,25,26). The van der Waals surface area contributed by atoms with Crippen molar-refractivity contribution in [3.8, 4) is 22.3 Å². The molecule has 0 aliphatic heterocycles. The van der Waals surface area contributed by atoms with E-state index < -0.39 is 0 Å². The first-order valence-corrected chi connectivity index (χ1v) is 8.24. The first-order chi connectivity index (χ1) is 12.7. The number of fused-ring (bicyclic) bond motifs is 1. The average Bonchev–Trinajstić information content (AvgIpc) is 2.68. The Morgan fingerprint density at radius 2 is 1.65 bits per heavy atom. The van der Waals surface area contributed by atoms with E-state index in [1.807, 2.05) is 42.6 Å². The first-order valence-electron chi connectivity index (χ1n) is 8.24. The average molecular weight is 340 g/mol. The van der Waals surface area contributed by atoms with Crippen molar-refractivity contribution in [2.24, 2.45) is 0 Å². The highest BCUT2D eigenvalue weighted by Gasteiger charge is 2.07. The molecule has 0 fully saturated rings. The number of benzene rings is 1. The summed E-state index contributed by atoms with van der Waals surface area (Å²) in [6.45, 7) is 1.46. The number of nitrogens with zero attached hydrogens (tertiary/aromatic N) is 3. The molecule has 0 atom stereocenters. The summed E-state index contributed by atoms with van der Waals surface area (Å²) >= 11 is 0. The molecule has 5 nitrogen and oxygen atoms in total. The summed E-state index contributed by atoms with van der Waals surface area (Å²) in [7, 11) is 0. The van der Waals surface area contributed by atoms with E-state index in [9.17, 15) is 4.79 Å². The monoisotopic (exact) mass is 340 g/mol. The number of carbonyl (C=O) groups excluding carboxylic acids is 1. The van der Waals surface area contributed by atoms with Gasteiger partial charge in [-0.3, -0.25) is 14.8 Å². The molecule has 4 rings (SSSR count). The van der Waals surface area contributed by atoms with Crippen LogP contribution >= 0.6 is 0 Å². The molecule has 3 heterocycles. The zero-order valence-electron chi connectivity index (χ0n) is 14.2. The van der Waals surface area contributed by atoms with Gasteiger partial charge in [-0.25, -0.2) is 4.98 Å². The predicted molar refractivity (Wildman–Crippen MR) is 103 cm³/mol. The highest BCUT2D eigenvalue weighted by Crippen LogP contribution is 2.30. The highest BCUT2D eigenvalue weighted by atomic mass is 16.1. The summed E-state index contributed by atoms with van der Waals surface area (Å²) in [6.07, 6.45) is 7.16. The van der Waals surface area contributed by atoms with Crippen LogP contribution in [0.25, 0.3) is 33.2 Å². The second-order valence-electron chi connectivity index (χ2n) is 5.94. The molecule has 3 aromatic heterocycles. The lowest BCUT2D eigenvalue weighted by Crippen LogP contribution is -2.06. The van der Waals surface area contributed by atoms with Crippen molar-refractivity contribution in [2.75, 3.05) is 5.32 Å². The zero-order chi connectivity index (χ0) is 17.9. The molecule has 1 amide bonds. The van der Waals surface area contributed by atoms with Gasteiger partial charge in [0.05, 0.1) is 5.52 Å². The van der Waals surface area contributed by atoms with E-state index in [-0.39, 0.29) is 5.91 Å². The Labute approximate surface area is 150 Å². The van der Waals surface area contributed by atoms with Crippen molar-refractivity contribution in [3.63, 3.8) is 0 Å². The molecule has 0 saturated carbocycles. The molecule has 0 aliphatic rings. The van der Waals surface area contributed by atoms with Crippen LogP contribution in [-0.4, -0.2) is 20.9 Å². The summed E-state index contributed by atoms with van der Waals surface area (Å²) < 4.78 is 0. The Hall–Kier alpha value is -3.60. The van der Waals surface area contributed by atoms with Crippen LogP contribution in [0.5, 0.6) is 0 Å². The van der Waals surface area contributed by atoms with Gasteiger partial charge in [0.15, 0.2) is 0 Å². The number of rotatable bonds is 3. The smallest absolute Gasteiger partial charge is 0.222 e. The number of nitrogens with one attached hydrogen (secondary N) is 1. The number of anilines is 1. The SMILES string of the molecule is CC(=O)Nc1ccc(-c2ccc3nccc(-c4ccncc4)c3c2)cn1. The van der Waals surface area contributed by atoms with Gasteiger partial charge < -0.3 is 5.32 Å². The van der Waals surface area contributed by atoms with Crippen LogP contribution < -0.4 is 5.32 Å². The molecule has 1 N–H and O–H groups in total. The normalized spacial score (nSPS) is 10.7. The van der Waals surface area contributed by atoms with Crippen LogP contribution in [0.4, 0.5) is 5.82 Å². The number of amides is 1. The molecule has 0 bridgehead atoms. The van der Waals surface area contributed by atoms with Crippen molar-refractivity contribution in [3.05, 3.63) is 73.3 Å². The second kappa shape index (κ2) is 6.72. The van der Waals surface area contributed by atoms with Gasteiger partial charge >= 0.3 is 0 Å². The fourth-order valence-electron chi connectivity index (χ4n) is 2.93. The third kappa shape index (κ3) is 3.15. The molecule has 1 aromatic carbocycles. The van der Waals surface area contributed by atoms with Gasteiger partial charge in [0.25, 0.3) is 0 Å². The van der Waals surface area contributed by atoms with Crippen molar-refractivity contribution < 1.29 is 4.79 Å². The molecule has 5 heteroatoms. The summed E-state index contributed by atoms with van der Waals surface area (Å²) in [4.78, 5) is 24.0. The fourth-order valence-corrected chi connectivity index (χ4v) is 2.93. The summed E-state index contributed by atoms with van der Waals surface area (Å²) in [6, 6.07) is 15.9. The number of hydrogen-bond acceptors (Lipinski definition) is 4. The van der Waals surface area contributed by atoms with Gasteiger partial charge in [-0.2, -0.15) is 0 Å². The first kappa shape index (κ1) is 15.9. The Bertz CT molecular complexity index is 1080. The molecule has 0 aliphatic carbocycles. The molecule has 0 radical (unpaired) electrons. The molecular weight excluding hydrogens is 324 g/mol. The molecule has 126 valence electrons. The third-order valence-electron chi connectivity index (χ3n) is 4.13. The summed E-state index contributed by atoms with van der Waals surface area (Å²) in [5, 5.41) is 3.75. The van der Waals surface area contributed by atoms with E-state index in [1.165, 1.54) is 6.92 Å². The van der Waals surface area contributed by atoms with Crippen molar-refractivity contribution in [2.45, 2.75) is 6.92 Å². The number of hydrogen-bond donors (Lipinski definition) is 1. The lowest BCUT2D eigenvalue weighted by molar-refractivity contribution is -0.114. The molecular formula is C21H16N4O. The summed E-state index contributed by atoms with van der Waals surface area (Å²) in [5.41, 5.74) is 5.17. The van der Waals surface area contributed by atoms with Crippen molar-refractivity contribution >= 4 is 22.6 Å². The Morgan fingerprint density at radius 1 is 0.846 bits per heavy atom. The Kier molecular flexibility index (Phi) is 4.11. The number of pyridine rings is 3. The van der Waals surface area contributed by atoms with Crippen LogP contribution in [0.1, 0.15) is 6.92 Å². The maximum atomic E-state index is 11.1. The number of carbonyl (C=O) groups is 1. The third-order valence-corrected chi connectivity index (χ3v) is 4.13. The second-order valence-corrected chi connectivity index (χ2v) is 5.94. The van der Waals surface area contributed by atoms with Crippen molar-refractivity contribution in [1.82, 2.24) is 15.0 Å². The van der Waals surface area contributed by atoms with Crippen LogP contribution in [-0.2, 0) is 4.79 Å². The minimum absolute atomic E-state index is 0.135. The quantitative estimate of drug-likeness (QED) is 0.603. The molecule has 0 saturated heterocycles. The lowest BCUT2D eigenvalue weighted by Gasteiger charge is -2.09. The maximum Gasteiger partial charge on any atom is 0.222 e. The van der Waals surface area contributed by atoms with Crippen molar-refractivity contribution in [1.29, 1.82) is 0 Å². The fraction of sp³-hybridized carbons (Fsp3) is 0.0476.